The fourth-order valence-electron chi connectivity index (χ4n) is 3.02. The van der Waals surface area contributed by atoms with E-state index in [0.29, 0.717) is 12.8 Å². The molecular weight excluding hydrogens is 238 g/mol. The van der Waals surface area contributed by atoms with E-state index in [1.807, 2.05) is 44.2 Å². The number of imide groups is 1. The van der Waals surface area contributed by atoms with Crippen LogP contribution in [-0.2, 0) is 9.59 Å². The van der Waals surface area contributed by atoms with Gasteiger partial charge in [-0.15, -0.1) is 0 Å². The Morgan fingerprint density at radius 2 is 1.58 bits per heavy atom. The molecule has 1 aromatic carbocycles. The van der Waals surface area contributed by atoms with Gasteiger partial charge in [-0.2, -0.15) is 0 Å². The van der Waals surface area contributed by atoms with Crippen molar-refractivity contribution in [2.24, 2.45) is 11.8 Å². The Morgan fingerprint density at radius 3 is 2.16 bits per heavy atom. The van der Waals surface area contributed by atoms with Crippen LogP contribution in [0.15, 0.2) is 30.4 Å². The van der Waals surface area contributed by atoms with Crippen LogP contribution in [0.4, 0.5) is 5.69 Å². The maximum atomic E-state index is 12.5. The number of allylic oxidation sites excluding steroid dienone is 2. The monoisotopic (exact) mass is 255 g/mol. The number of hydrogen-bond acceptors (Lipinski definition) is 2. The molecule has 0 N–H and O–H groups in total. The number of hydrogen-bond donors (Lipinski definition) is 0. The van der Waals surface area contributed by atoms with Crippen LogP contribution in [0.1, 0.15) is 24.0 Å². The standard InChI is InChI=1S/C16H17NO2/c1-10-6-5-9-14(11(10)2)17-15(18)12-7-3-4-8-13(12)16(17)19/h3-6,9,12-13H,7-8H2,1-2H3/t12-,13-/m1/s1. The Kier molecular flexibility index (Phi) is 2.77. The van der Waals surface area contributed by atoms with Gasteiger partial charge < -0.3 is 0 Å². The molecular formula is C16H17NO2. The van der Waals surface area contributed by atoms with E-state index in [1.165, 1.54) is 4.90 Å². The Hall–Kier alpha value is -1.90. The Bertz CT molecular complexity index is 562. The van der Waals surface area contributed by atoms with Gasteiger partial charge in [0.2, 0.25) is 11.8 Å². The van der Waals surface area contributed by atoms with Gasteiger partial charge in [0.05, 0.1) is 17.5 Å². The quantitative estimate of drug-likeness (QED) is 0.571. The van der Waals surface area contributed by atoms with E-state index in [-0.39, 0.29) is 23.7 Å². The van der Waals surface area contributed by atoms with Gasteiger partial charge in [0, 0.05) is 0 Å². The van der Waals surface area contributed by atoms with Crippen LogP contribution in [0.25, 0.3) is 0 Å². The van der Waals surface area contributed by atoms with Crippen LogP contribution < -0.4 is 4.90 Å². The molecule has 1 heterocycles. The van der Waals surface area contributed by atoms with Crippen LogP contribution in [0.5, 0.6) is 0 Å². The Labute approximate surface area is 112 Å². The highest BCUT2D eigenvalue weighted by molar-refractivity contribution is 6.22. The zero-order valence-electron chi connectivity index (χ0n) is 11.2. The summed E-state index contributed by atoms with van der Waals surface area (Å²) in [5.41, 5.74) is 2.87. The molecule has 1 saturated heterocycles. The van der Waals surface area contributed by atoms with Gasteiger partial charge in [-0.05, 0) is 43.9 Å². The molecule has 1 fully saturated rings. The van der Waals surface area contributed by atoms with Gasteiger partial charge >= 0.3 is 0 Å². The summed E-state index contributed by atoms with van der Waals surface area (Å²) in [5, 5.41) is 0. The minimum absolute atomic E-state index is 0.0342. The van der Waals surface area contributed by atoms with Crippen molar-refractivity contribution in [2.45, 2.75) is 26.7 Å². The van der Waals surface area contributed by atoms with Crippen molar-refractivity contribution >= 4 is 17.5 Å². The number of aryl methyl sites for hydroxylation is 1. The molecule has 19 heavy (non-hydrogen) atoms. The fourth-order valence-corrected chi connectivity index (χ4v) is 3.02. The normalized spacial score (nSPS) is 25.9. The number of fused-ring (bicyclic) bond motifs is 1. The molecule has 0 bridgehead atoms. The van der Waals surface area contributed by atoms with Crippen molar-refractivity contribution in [3.63, 3.8) is 0 Å². The summed E-state index contributed by atoms with van der Waals surface area (Å²) in [4.78, 5) is 26.4. The van der Waals surface area contributed by atoms with Gasteiger partial charge in [0.1, 0.15) is 0 Å². The predicted octanol–water partition coefficient (Wildman–Crippen LogP) is 2.76. The summed E-state index contributed by atoms with van der Waals surface area (Å²) in [6.07, 6.45) is 5.41. The van der Waals surface area contributed by atoms with E-state index >= 15 is 0 Å². The van der Waals surface area contributed by atoms with Gasteiger partial charge in [-0.25, -0.2) is 4.90 Å². The highest BCUT2D eigenvalue weighted by atomic mass is 16.2. The first-order chi connectivity index (χ1) is 9.11. The summed E-state index contributed by atoms with van der Waals surface area (Å²) < 4.78 is 0. The molecule has 98 valence electrons. The zero-order valence-corrected chi connectivity index (χ0v) is 11.2. The lowest BCUT2D eigenvalue weighted by Gasteiger charge is -2.18. The molecule has 0 saturated carbocycles. The van der Waals surface area contributed by atoms with Gasteiger partial charge in [-0.3, -0.25) is 9.59 Å². The van der Waals surface area contributed by atoms with Gasteiger partial charge in [0.25, 0.3) is 0 Å². The number of benzene rings is 1. The number of carbonyl (C=O) groups excluding carboxylic acids is 2. The number of carbonyl (C=O) groups is 2. The van der Waals surface area contributed by atoms with Crippen LogP contribution in [0, 0.1) is 25.7 Å². The minimum Gasteiger partial charge on any atom is -0.274 e. The van der Waals surface area contributed by atoms with Gasteiger partial charge in [0.15, 0.2) is 0 Å². The predicted molar refractivity (Wildman–Crippen MR) is 73.8 cm³/mol. The van der Waals surface area contributed by atoms with E-state index < -0.39 is 0 Å². The first-order valence-corrected chi connectivity index (χ1v) is 6.70. The zero-order chi connectivity index (χ0) is 13.6. The van der Waals surface area contributed by atoms with Crippen molar-refractivity contribution in [2.75, 3.05) is 4.90 Å². The molecule has 1 aliphatic carbocycles. The largest absolute Gasteiger partial charge is 0.274 e. The van der Waals surface area contributed by atoms with E-state index in [2.05, 4.69) is 0 Å². The van der Waals surface area contributed by atoms with E-state index in [1.54, 1.807) is 0 Å². The lowest BCUT2D eigenvalue weighted by atomic mass is 9.85. The van der Waals surface area contributed by atoms with E-state index in [0.717, 1.165) is 16.8 Å². The smallest absolute Gasteiger partial charge is 0.238 e. The van der Waals surface area contributed by atoms with Crippen LogP contribution in [0.2, 0.25) is 0 Å². The number of amides is 2. The molecule has 0 unspecified atom stereocenters. The SMILES string of the molecule is Cc1cccc(N2C(=O)[C@@H]3CC=CC[C@H]3C2=O)c1C. The number of nitrogens with zero attached hydrogens (tertiary/aromatic N) is 1. The van der Waals surface area contributed by atoms with Crippen molar-refractivity contribution in [3.8, 4) is 0 Å². The fraction of sp³-hybridized carbons (Fsp3) is 0.375. The highest BCUT2D eigenvalue weighted by Crippen LogP contribution is 2.38. The average molecular weight is 255 g/mol. The molecule has 2 atom stereocenters. The highest BCUT2D eigenvalue weighted by Gasteiger charge is 2.48. The summed E-state index contributed by atoms with van der Waals surface area (Å²) in [5.74, 6) is -0.379. The molecule has 3 rings (SSSR count). The van der Waals surface area contributed by atoms with Gasteiger partial charge in [-0.1, -0.05) is 24.3 Å². The number of rotatable bonds is 1. The molecule has 2 amide bonds. The third-order valence-corrected chi connectivity index (χ3v) is 4.32. The van der Waals surface area contributed by atoms with E-state index in [4.69, 9.17) is 0 Å². The molecule has 3 nitrogen and oxygen atoms in total. The number of anilines is 1. The van der Waals surface area contributed by atoms with E-state index in [9.17, 15) is 9.59 Å². The third-order valence-electron chi connectivity index (χ3n) is 4.32. The molecule has 0 spiro atoms. The second kappa shape index (κ2) is 4.34. The Balaban J connectivity index is 2.04. The average Bonchev–Trinajstić information content (AvgIpc) is 2.67. The molecule has 1 aromatic rings. The Morgan fingerprint density at radius 1 is 1.00 bits per heavy atom. The third kappa shape index (κ3) is 1.72. The van der Waals surface area contributed by atoms with Crippen molar-refractivity contribution in [1.29, 1.82) is 0 Å². The van der Waals surface area contributed by atoms with Crippen LogP contribution in [0.3, 0.4) is 0 Å². The lowest BCUT2D eigenvalue weighted by molar-refractivity contribution is -0.122. The first kappa shape index (κ1) is 12.2. The molecule has 0 radical (unpaired) electrons. The summed E-state index contributed by atoms with van der Waals surface area (Å²) >= 11 is 0. The maximum Gasteiger partial charge on any atom is 0.238 e. The van der Waals surface area contributed by atoms with Crippen molar-refractivity contribution in [1.82, 2.24) is 0 Å². The lowest BCUT2D eigenvalue weighted by Crippen LogP contribution is -2.31. The second-order valence-corrected chi connectivity index (χ2v) is 5.39. The van der Waals surface area contributed by atoms with Crippen molar-refractivity contribution in [3.05, 3.63) is 41.5 Å². The summed E-state index contributed by atoms with van der Waals surface area (Å²) in [7, 11) is 0. The molecule has 1 aliphatic heterocycles. The molecule has 0 aromatic heterocycles. The second-order valence-electron chi connectivity index (χ2n) is 5.39. The topological polar surface area (TPSA) is 37.4 Å². The van der Waals surface area contributed by atoms with Crippen LogP contribution >= 0.6 is 0 Å². The van der Waals surface area contributed by atoms with Crippen LogP contribution in [-0.4, -0.2) is 11.8 Å². The first-order valence-electron chi connectivity index (χ1n) is 6.70. The minimum atomic E-state index is -0.155. The molecule has 3 heteroatoms. The maximum absolute atomic E-state index is 12.5. The van der Waals surface area contributed by atoms with Crippen molar-refractivity contribution < 1.29 is 9.59 Å². The summed E-state index contributed by atoms with van der Waals surface area (Å²) in [6.45, 7) is 3.96. The summed E-state index contributed by atoms with van der Waals surface area (Å²) in [6, 6.07) is 5.76. The molecule has 2 aliphatic rings.